The Bertz CT molecular complexity index is 1100. The highest BCUT2D eigenvalue weighted by Gasteiger charge is 2.46. The highest BCUT2D eigenvalue weighted by atomic mass is 32.2. The Hall–Kier alpha value is -1.84. The van der Waals surface area contributed by atoms with Crippen LogP contribution in [0.5, 0.6) is 0 Å². The van der Waals surface area contributed by atoms with Crippen molar-refractivity contribution < 1.29 is 42.9 Å². The highest BCUT2D eigenvalue weighted by Crippen LogP contribution is 2.46. The van der Waals surface area contributed by atoms with Gasteiger partial charge in [0.2, 0.25) is 0 Å². The maximum Gasteiger partial charge on any atom is 0.406 e. The van der Waals surface area contributed by atoms with Crippen LogP contribution in [0.2, 0.25) is 0 Å². The van der Waals surface area contributed by atoms with Crippen molar-refractivity contribution in [3.05, 3.63) is 22.7 Å². The van der Waals surface area contributed by atoms with Gasteiger partial charge in [0.15, 0.2) is 11.3 Å². The second-order valence-corrected chi connectivity index (χ2v) is 13.1. The van der Waals surface area contributed by atoms with E-state index < -0.39 is 74.5 Å². The first-order valence-corrected chi connectivity index (χ1v) is 14.9. The summed E-state index contributed by atoms with van der Waals surface area (Å²) in [5.74, 6) is -1.45. The van der Waals surface area contributed by atoms with Crippen molar-refractivity contribution in [3.8, 4) is 0 Å². The number of thioether (sulfide) groups is 1. The average molecular weight is 595 g/mol. The van der Waals surface area contributed by atoms with E-state index in [9.17, 15) is 29.2 Å². The summed E-state index contributed by atoms with van der Waals surface area (Å²) in [6.45, 7) is 8.93. The molecule has 1 fully saturated rings. The maximum absolute atomic E-state index is 13.6. The number of hydrogen-bond donors (Lipinski definition) is 4. The summed E-state index contributed by atoms with van der Waals surface area (Å²) in [7, 11) is -4.21. The van der Waals surface area contributed by atoms with Crippen LogP contribution in [0.1, 0.15) is 47.8 Å². The van der Waals surface area contributed by atoms with Crippen molar-refractivity contribution >= 4 is 36.4 Å². The summed E-state index contributed by atoms with van der Waals surface area (Å²) in [5.41, 5.74) is 4.18. The zero-order valence-electron chi connectivity index (χ0n) is 22.9. The normalized spacial score (nSPS) is 23.9. The number of aliphatic hydroxyl groups excluding tert-OH is 2. The van der Waals surface area contributed by atoms with E-state index in [0.717, 1.165) is 16.3 Å². The molecule has 0 radical (unpaired) electrons. The number of ether oxygens (including phenoxy) is 2. The van der Waals surface area contributed by atoms with E-state index in [1.807, 2.05) is 0 Å². The van der Waals surface area contributed by atoms with Crippen LogP contribution in [0.25, 0.3) is 0 Å². The standard InChI is InChI=1S/C23H39N4O10PS/c1-13(2)36-20(30)14(3)26-38(33,34-9-10-39-21(31)23(4,5)6)35-12-16-15(11-28)18(29)19(37-16)27-8-7-17(24)25-22(27)32/h7-8,13-16,18-19,28-29H,9-12H2,1-6H3,(H,26,33)(H2,24,25,32)/t14-,15+,16+,18+,19+,38+/m0/s1. The van der Waals surface area contributed by atoms with Crippen molar-refractivity contribution in [1.82, 2.24) is 14.6 Å². The summed E-state index contributed by atoms with van der Waals surface area (Å²) < 4.78 is 36.6. The Kier molecular flexibility index (Phi) is 12.1. The number of carbonyl (C=O) groups excluding carboxylic acids is 2. The van der Waals surface area contributed by atoms with Gasteiger partial charge in [0.25, 0.3) is 0 Å². The van der Waals surface area contributed by atoms with E-state index in [1.165, 1.54) is 19.2 Å². The van der Waals surface area contributed by atoms with Crippen LogP contribution in [-0.2, 0) is 32.7 Å². The summed E-state index contributed by atoms with van der Waals surface area (Å²) in [6, 6.07) is 0.263. The van der Waals surface area contributed by atoms with Gasteiger partial charge in [-0.15, -0.1) is 0 Å². The van der Waals surface area contributed by atoms with Crippen LogP contribution >= 0.6 is 19.5 Å². The third-order valence-corrected chi connectivity index (χ3v) is 8.48. The fraction of sp³-hybridized carbons (Fsp3) is 0.739. The van der Waals surface area contributed by atoms with Gasteiger partial charge in [-0.2, -0.15) is 4.98 Å². The van der Waals surface area contributed by atoms with Gasteiger partial charge in [0, 0.05) is 23.3 Å². The van der Waals surface area contributed by atoms with Gasteiger partial charge < -0.3 is 25.4 Å². The first kappa shape index (κ1) is 33.4. The van der Waals surface area contributed by atoms with Gasteiger partial charge in [0.05, 0.1) is 32.0 Å². The molecule has 39 heavy (non-hydrogen) atoms. The van der Waals surface area contributed by atoms with Crippen LogP contribution in [0.3, 0.4) is 0 Å². The van der Waals surface area contributed by atoms with Gasteiger partial charge >= 0.3 is 19.4 Å². The molecule has 1 aliphatic rings. The van der Waals surface area contributed by atoms with Crippen LogP contribution in [0, 0.1) is 11.3 Å². The number of rotatable bonds is 13. The quantitative estimate of drug-likeness (QED) is 0.143. The first-order chi connectivity index (χ1) is 18.1. The predicted molar refractivity (Wildman–Crippen MR) is 144 cm³/mol. The van der Waals surface area contributed by atoms with E-state index >= 15 is 0 Å². The lowest BCUT2D eigenvalue weighted by atomic mass is 9.99. The summed E-state index contributed by atoms with van der Waals surface area (Å²) >= 11 is 1.01. The van der Waals surface area contributed by atoms with E-state index in [0.29, 0.717) is 0 Å². The highest BCUT2D eigenvalue weighted by molar-refractivity contribution is 8.13. The topological polar surface area (TPSA) is 202 Å². The number of hydrogen-bond acceptors (Lipinski definition) is 13. The number of aliphatic hydroxyl groups is 2. The Morgan fingerprint density at radius 2 is 1.97 bits per heavy atom. The lowest BCUT2D eigenvalue weighted by molar-refractivity contribution is -0.149. The van der Waals surface area contributed by atoms with Crippen molar-refractivity contribution in [2.24, 2.45) is 11.3 Å². The Balaban J connectivity index is 2.15. The fourth-order valence-corrected chi connectivity index (χ4v) is 5.83. The molecule has 14 nitrogen and oxygen atoms in total. The number of nitrogen functional groups attached to an aromatic ring is 1. The van der Waals surface area contributed by atoms with E-state index in [2.05, 4.69) is 10.1 Å². The van der Waals surface area contributed by atoms with Gasteiger partial charge in [-0.3, -0.25) is 23.2 Å². The van der Waals surface area contributed by atoms with Crippen LogP contribution < -0.4 is 16.5 Å². The summed E-state index contributed by atoms with van der Waals surface area (Å²) in [6.07, 6.45) is -2.69. The molecule has 222 valence electrons. The summed E-state index contributed by atoms with van der Waals surface area (Å²) in [4.78, 5) is 40.4. The van der Waals surface area contributed by atoms with Crippen molar-refractivity contribution in [2.45, 2.75) is 72.1 Å². The largest absolute Gasteiger partial charge is 0.462 e. The molecule has 6 atom stereocenters. The molecule has 2 rings (SSSR count). The number of anilines is 1. The van der Waals surface area contributed by atoms with Gasteiger partial charge in [0.1, 0.15) is 18.0 Å². The molecule has 1 saturated heterocycles. The van der Waals surface area contributed by atoms with E-state index in [4.69, 9.17) is 24.3 Å². The minimum Gasteiger partial charge on any atom is -0.462 e. The SMILES string of the molecule is CC(C)OC(=O)[C@H](C)N[P@@](=O)(OCCSC(=O)C(C)(C)C)OC[C@H]1O[C@@H](n2ccc(N)nc2=O)[C@H](O)[C@@H]1CO. The number of nitrogens with two attached hydrogens (primary N) is 1. The third kappa shape index (κ3) is 9.64. The zero-order chi connectivity index (χ0) is 29.5. The van der Waals surface area contributed by atoms with Gasteiger partial charge in [-0.05, 0) is 26.8 Å². The average Bonchev–Trinajstić information content (AvgIpc) is 3.14. The van der Waals surface area contributed by atoms with Crippen molar-refractivity contribution in [2.75, 3.05) is 31.3 Å². The monoisotopic (exact) mass is 594 g/mol. The number of aromatic nitrogens is 2. The van der Waals surface area contributed by atoms with Gasteiger partial charge in [-0.25, -0.2) is 14.4 Å². The Morgan fingerprint density at radius 3 is 2.54 bits per heavy atom. The first-order valence-electron chi connectivity index (χ1n) is 12.4. The molecule has 16 heteroatoms. The third-order valence-electron chi connectivity index (χ3n) is 5.52. The molecule has 0 unspecified atom stereocenters. The van der Waals surface area contributed by atoms with Crippen molar-refractivity contribution in [1.29, 1.82) is 0 Å². The molecule has 0 aliphatic carbocycles. The lowest BCUT2D eigenvalue weighted by Crippen LogP contribution is -2.37. The van der Waals surface area contributed by atoms with Crippen LogP contribution in [0.4, 0.5) is 5.82 Å². The molecule has 1 aromatic rings. The predicted octanol–water partition coefficient (Wildman–Crippen LogP) is 1.07. The Labute approximate surface area is 231 Å². The van der Waals surface area contributed by atoms with E-state index in [-0.39, 0.29) is 23.3 Å². The molecular formula is C23H39N4O10PS. The lowest BCUT2D eigenvalue weighted by Gasteiger charge is -2.25. The molecule has 1 aromatic heterocycles. The second-order valence-electron chi connectivity index (χ2n) is 10.3. The molecule has 0 bridgehead atoms. The van der Waals surface area contributed by atoms with Crippen molar-refractivity contribution in [3.63, 3.8) is 0 Å². The fourth-order valence-electron chi connectivity index (χ4n) is 3.45. The molecule has 0 aromatic carbocycles. The number of nitrogens with zero attached hydrogens (tertiary/aromatic N) is 2. The molecular weight excluding hydrogens is 555 g/mol. The number of nitrogens with one attached hydrogen (secondary N) is 1. The summed E-state index contributed by atoms with van der Waals surface area (Å²) in [5, 5.41) is 23.0. The molecule has 0 amide bonds. The molecule has 2 heterocycles. The molecule has 5 N–H and O–H groups in total. The van der Waals surface area contributed by atoms with E-state index in [1.54, 1.807) is 34.6 Å². The number of carbonyl (C=O) groups is 2. The minimum absolute atomic E-state index is 0.0148. The smallest absolute Gasteiger partial charge is 0.406 e. The van der Waals surface area contributed by atoms with Crippen LogP contribution in [0.15, 0.2) is 17.1 Å². The molecule has 0 saturated carbocycles. The zero-order valence-corrected chi connectivity index (χ0v) is 24.6. The Morgan fingerprint density at radius 1 is 1.31 bits per heavy atom. The number of esters is 1. The van der Waals surface area contributed by atoms with Crippen LogP contribution in [-0.4, -0.2) is 80.8 Å². The second kappa shape index (κ2) is 14.2. The van der Waals surface area contributed by atoms with Gasteiger partial charge in [-0.1, -0.05) is 32.5 Å². The molecule has 1 aliphatic heterocycles. The maximum atomic E-state index is 13.6. The minimum atomic E-state index is -4.21. The molecule has 0 spiro atoms.